The summed E-state index contributed by atoms with van der Waals surface area (Å²) in [5.74, 6) is -1.55. The van der Waals surface area contributed by atoms with Gasteiger partial charge in [-0.15, -0.1) is 0 Å². The Morgan fingerprint density at radius 3 is 1.50 bits per heavy atom. The number of hydrogen-bond acceptors (Lipinski definition) is 24. The van der Waals surface area contributed by atoms with E-state index in [1.165, 1.54) is 17.7 Å². The number of imide groups is 1. The van der Waals surface area contributed by atoms with Crippen molar-refractivity contribution in [3.05, 3.63) is 156 Å². The molecular formula is C90H115N11O20. The summed E-state index contributed by atoms with van der Waals surface area (Å²) in [6.45, 7) is 15.9. The number of benzene rings is 4. The smallest absolute Gasteiger partial charge is 0.260 e. The molecule has 0 spiro atoms. The van der Waals surface area contributed by atoms with E-state index >= 15 is 0 Å². The molecule has 121 heavy (non-hydrogen) atoms. The van der Waals surface area contributed by atoms with Gasteiger partial charge in [0.25, 0.3) is 11.8 Å². The predicted octanol–water partition coefficient (Wildman–Crippen LogP) is 8.62. The van der Waals surface area contributed by atoms with Crippen molar-refractivity contribution < 1.29 is 95.2 Å². The summed E-state index contributed by atoms with van der Waals surface area (Å²) in [6, 6.07) is 20.4. The minimum Gasteiger partial charge on any atom is -0.493 e. The highest BCUT2D eigenvalue weighted by Crippen LogP contribution is 2.43. The maximum atomic E-state index is 14.2. The monoisotopic (exact) mass is 1670 g/mol. The van der Waals surface area contributed by atoms with Crippen LogP contribution in [0.5, 0.6) is 23.0 Å². The van der Waals surface area contributed by atoms with Crippen LogP contribution in [0.2, 0.25) is 0 Å². The molecule has 5 atom stereocenters. The van der Waals surface area contributed by atoms with Crippen LogP contribution in [0.3, 0.4) is 0 Å². The maximum absolute atomic E-state index is 14.2. The third-order valence-electron chi connectivity index (χ3n) is 21.3. The van der Waals surface area contributed by atoms with E-state index in [-0.39, 0.29) is 92.5 Å². The molecule has 4 N–H and O–H groups in total. The number of likely N-dealkylation sites (tertiary alicyclic amines) is 1. The van der Waals surface area contributed by atoms with E-state index in [0.717, 1.165) is 66.9 Å². The molecule has 6 aliphatic heterocycles. The van der Waals surface area contributed by atoms with Crippen molar-refractivity contribution >= 4 is 93.6 Å². The van der Waals surface area contributed by atoms with E-state index in [2.05, 4.69) is 62.4 Å². The summed E-state index contributed by atoms with van der Waals surface area (Å²) >= 11 is 0. The number of fused-ring (bicyclic) bond motifs is 4. The molecule has 7 aliphatic rings. The Bertz CT molecular complexity index is 4440. The third-order valence-corrected chi connectivity index (χ3v) is 21.3. The van der Waals surface area contributed by atoms with Gasteiger partial charge < -0.3 is 97.7 Å². The van der Waals surface area contributed by atoms with Crippen molar-refractivity contribution in [3.63, 3.8) is 0 Å². The number of carbonyl (C=O) groups is 8. The van der Waals surface area contributed by atoms with Crippen molar-refractivity contribution in [1.29, 1.82) is 0 Å². The first-order valence-corrected chi connectivity index (χ1v) is 41.8. The van der Waals surface area contributed by atoms with Gasteiger partial charge in [-0.25, -0.2) is 0 Å². The van der Waals surface area contributed by atoms with Gasteiger partial charge in [-0.05, 0) is 103 Å². The number of piperazine rings is 1. The first kappa shape index (κ1) is 91.0. The number of nitrogens with zero attached hydrogens (tertiary/aromatic N) is 7. The highest BCUT2D eigenvalue weighted by atomic mass is 16.6. The SMILES string of the molecule is COc1cc2c(cc1OCCCCCOc1cc3c(cc1OC)C(=O)N1C=C(c4ccc(N5CCN(C)CC5)cc4)C[C@H]1C=N3)N=C[C@@H]1CC(c3ccc(NC(=O)[C@H](C)NC(=O)[C@@H](NC(=O)CCOCCOCCOCCOCCOCCOCCOCCOCCNC(=O)CCN4C(=O)CC(C5=CC=CC=CC=C5)C4=O)C(C)C)cc3)=CN1C2=O. The number of carbonyl (C=O) groups excluding carboxylic acids is 8. The Hall–Kier alpha value is -10.7. The number of hydrogen-bond donors (Lipinski definition) is 4. The molecule has 1 unspecified atom stereocenters. The number of ether oxygens (including phenoxy) is 12. The Labute approximate surface area is 707 Å². The molecule has 31 heteroatoms. The van der Waals surface area contributed by atoms with E-state index < -0.39 is 29.8 Å². The van der Waals surface area contributed by atoms with Crippen LogP contribution in [-0.4, -0.2) is 283 Å². The molecule has 8 amide bonds. The summed E-state index contributed by atoms with van der Waals surface area (Å²) in [4.78, 5) is 125. The lowest BCUT2D eigenvalue weighted by Gasteiger charge is -2.34. The lowest BCUT2D eigenvalue weighted by molar-refractivity contribution is -0.139. The molecule has 2 saturated heterocycles. The van der Waals surface area contributed by atoms with Crippen LogP contribution in [0.25, 0.3) is 11.1 Å². The molecule has 650 valence electrons. The summed E-state index contributed by atoms with van der Waals surface area (Å²) in [5.41, 5.74) is 8.23. The van der Waals surface area contributed by atoms with Gasteiger partial charge in [0.05, 0.1) is 174 Å². The number of anilines is 2. The van der Waals surface area contributed by atoms with Crippen molar-refractivity contribution in [2.45, 2.75) is 96.3 Å². The van der Waals surface area contributed by atoms with Crippen molar-refractivity contribution in [3.8, 4) is 23.0 Å². The van der Waals surface area contributed by atoms with E-state index in [9.17, 15) is 38.4 Å². The van der Waals surface area contributed by atoms with Crippen LogP contribution in [0, 0.1) is 11.8 Å². The van der Waals surface area contributed by atoms with Gasteiger partial charge >= 0.3 is 0 Å². The normalized spacial score (nSPS) is 17.9. The molecule has 4 aromatic carbocycles. The topological polar surface area (TPSA) is 336 Å². The van der Waals surface area contributed by atoms with Gasteiger partial charge in [-0.1, -0.05) is 80.6 Å². The predicted molar refractivity (Wildman–Crippen MR) is 457 cm³/mol. The second-order valence-electron chi connectivity index (χ2n) is 30.2. The maximum Gasteiger partial charge on any atom is 0.260 e. The zero-order valence-electron chi connectivity index (χ0n) is 70.2. The largest absolute Gasteiger partial charge is 0.493 e. The first-order valence-electron chi connectivity index (χ1n) is 41.8. The highest BCUT2D eigenvalue weighted by Gasteiger charge is 2.41. The lowest BCUT2D eigenvalue weighted by atomic mass is 9.95. The fraction of sp³-hybridized carbons (Fsp3) is 0.489. The van der Waals surface area contributed by atoms with Crippen LogP contribution in [0.1, 0.15) is 104 Å². The van der Waals surface area contributed by atoms with E-state index in [1.807, 2.05) is 73.3 Å². The van der Waals surface area contributed by atoms with Gasteiger partial charge in [0, 0.05) is 120 Å². The standard InChI is InChI=1S/C90H115N11O20/c1-62(2)85(96-83(103)26-35-112-37-39-114-41-43-116-45-47-118-49-50-119-48-46-117-44-42-115-40-38-113-36-27-91-82(102)25-28-99-84(104)55-73(88(99)107)66-15-11-8-7-9-12-16-66)87(106)94-63(3)86(105)95-69-21-17-64(18-22-69)67-51-71-58-92-76-56-80(78(110-5)53-74(76)89(108)100(71)60-67)120-33-13-10-14-34-121-81-57-77-75(54-79(81)111-6)90(109)101-61-68(52-72(101)59-93-77)65-19-23-70(24-20-65)98-31-29-97(4)30-32-98/h7-9,11-12,15-24,53-54,56-63,71-73,85H,10,13-14,25-52,55H2,1-6H3,(H,91,102)(H,94,106)(H,95,105)(H,96,103)/t63-,71-,72-,73?,85-/m0/s1. The molecule has 31 nitrogen and oxygen atoms in total. The molecule has 0 aromatic heterocycles. The Balaban J connectivity index is 0.480. The fourth-order valence-electron chi connectivity index (χ4n) is 14.4. The van der Waals surface area contributed by atoms with Crippen LogP contribution in [0.15, 0.2) is 143 Å². The quantitative estimate of drug-likeness (QED) is 0.0237. The molecule has 0 saturated carbocycles. The van der Waals surface area contributed by atoms with Crippen molar-refractivity contribution in [2.75, 3.05) is 190 Å². The van der Waals surface area contributed by atoms with Gasteiger partial charge in [-0.3, -0.25) is 53.2 Å². The van der Waals surface area contributed by atoms with Crippen LogP contribution >= 0.6 is 0 Å². The number of methoxy groups -OCH3 is 2. The number of nitrogens with one attached hydrogen (secondary N) is 4. The second-order valence-corrected chi connectivity index (χ2v) is 30.2. The average molecular weight is 1670 g/mol. The first-order chi connectivity index (χ1) is 58.9. The van der Waals surface area contributed by atoms with Crippen molar-refractivity contribution in [1.82, 2.24) is 35.6 Å². The summed E-state index contributed by atoms with van der Waals surface area (Å²) < 4.78 is 68.3. The van der Waals surface area contributed by atoms with Gasteiger partial charge in [0.2, 0.25) is 35.4 Å². The number of rotatable bonds is 50. The molecule has 6 heterocycles. The van der Waals surface area contributed by atoms with Crippen LogP contribution in [0.4, 0.5) is 22.7 Å². The summed E-state index contributed by atoms with van der Waals surface area (Å²) in [5, 5.41) is 11.1. The molecule has 4 aromatic rings. The van der Waals surface area contributed by atoms with Crippen molar-refractivity contribution in [2.24, 2.45) is 21.8 Å². The Morgan fingerprint density at radius 1 is 0.504 bits per heavy atom. The zero-order valence-corrected chi connectivity index (χ0v) is 70.2. The Morgan fingerprint density at radius 2 is 0.992 bits per heavy atom. The number of unbranched alkanes of at least 4 members (excludes halogenated alkanes) is 2. The molecule has 1 aliphatic carbocycles. The molecular weight excluding hydrogens is 1560 g/mol. The summed E-state index contributed by atoms with van der Waals surface area (Å²) in [7, 11) is 5.25. The lowest BCUT2D eigenvalue weighted by Crippen LogP contribution is -2.53. The Kier molecular flexibility index (Phi) is 35.7. The summed E-state index contributed by atoms with van der Waals surface area (Å²) in [6.07, 6.45) is 23.8. The number of likely N-dealkylation sites (N-methyl/N-ethyl adjacent to an activating group) is 1. The van der Waals surface area contributed by atoms with Crippen LogP contribution in [-0.2, 0) is 66.7 Å². The minimum absolute atomic E-state index is 0.0126. The molecule has 0 radical (unpaired) electrons. The third kappa shape index (κ3) is 26.9. The number of aliphatic imine (C=N–C) groups is 2. The van der Waals surface area contributed by atoms with Gasteiger partial charge in [0.15, 0.2) is 23.0 Å². The fourth-order valence-corrected chi connectivity index (χ4v) is 14.4. The molecule has 0 bridgehead atoms. The van der Waals surface area contributed by atoms with Gasteiger partial charge in [-0.2, -0.15) is 0 Å². The van der Waals surface area contributed by atoms with E-state index in [4.69, 9.17) is 66.8 Å². The van der Waals surface area contributed by atoms with Crippen LogP contribution < -0.4 is 45.1 Å². The van der Waals surface area contributed by atoms with E-state index in [1.54, 1.807) is 80.3 Å². The minimum atomic E-state index is -0.941. The molecule has 2 fully saturated rings. The number of allylic oxidation sites excluding steroid dienone is 7. The zero-order chi connectivity index (χ0) is 85.2. The molecule has 11 rings (SSSR count). The van der Waals surface area contributed by atoms with E-state index in [0.29, 0.717) is 183 Å². The number of amides is 8. The average Bonchev–Trinajstić information content (AvgIpc) is 1.64. The highest BCUT2D eigenvalue weighted by molar-refractivity contribution is 6.08. The second kappa shape index (κ2) is 47.5. The van der Waals surface area contributed by atoms with Gasteiger partial charge in [0.1, 0.15) is 12.1 Å².